The van der Waals surface area contributed by atoms with Gasteiger partial charge >= 0.3 is 5.97 Å². The molecule has 1 N–H and O–H groups in total. The Morgan fingerprint density at radius 1 is 1.39 bits per heavy atom. The summed E-state index contributed by atoms with van der Waals surface area (Å²) in [4.78, 5) is 22.7. The van der Waals surface area contributed by atoms with Gasteiger partial charge < -0.3 is 10.1 Å². The van der Waals surface area contributed by atoms with Gasteiger partial charge in [-0.25, -0.2) is 0 Å². The molecule has 2 saturated carbocycles. The third kappa shape index (κ3) is 4.52. The Balaban J connectivity index is 1.54. The number of rotatable bonds is 8. The first-order valence-electron chi connectivity index (χ1n) is 6.57. The zero-order chi connectivity index (χ0) is 13.0. The Bertz CT molecular complexity index is 324. The predicted molar refractivity (Wildman–Crippen MR) is 71.4 cm³/mol. The lowest BCUT2D eigenvalue weighted by Gasteiger charge is -2.12. The molecule has 102 valence electrons. The van der Waals surface area contributed by atoms with Crippen molar-refractivity contribution >= 4 is 23.6 Å². The van der Waals surface area contributed by atoms with Gasteiger partial charge in [-0.05, 0) is 36.9 Å². The van der Waals surface area contributed by atoms with Gasteiger partial charge in [0.05, 0.1) is 13.5 Å². The first-order valence-corrected chi connectivity index (χ1v) is 7.73. The van der Waals surface area contributed by atoms with Gasteiger partial charge in [0.15, 0.2) is 0 Å². The minimum atomic E-state index is -0.112. The van der Waals surface area contributed by atoms with E-state index < -0.39 is 0 Å². The summed E-state index contributed by atoms with van der Waals surface area (Å²) in [5.74, 6) is 1.88. The van der Waals surface area contributed by atoms with Crippen LogP contribution in [0.5, 0.6) is 0 Å². The molecule has 0 saturated heterocycles. The van der Waals surface area contributed by atoms with Crippen LogP contribution in [0.2, 0.25) is 0 Å². The Kier molecular flexibility index (Phi) is 4.54. The molecular weight excluding hydrogens is 250 g/mol. The molecule has 0 radical (unpaired) electrons. The van der Waals surface area contributed by atoms with Crippen molar-refractivity contribution < 1.29 is 14.3 Å². The second-order valence-electron chi connectivity index (χ2n) is 5.40. The van der Waals surface area contributed by atoms with Gasteiger partial charge in [0, 0.05) is 18.2 Å². The molecule has 0 atom stereocenters. The van der Waals surface area contributed by atoms with Gasteiger partial charge in [0.2, 0.25) is 5.91 Å². The van der Waals surface area contributed by atoms with E-state index in [4.69, 9.17) is 4.74 Å². The van der Waals surface area contributed by atoms with Crippen molar-refractivity contribution in [1.82, 2.24) is 5.32 Å². The van der Waals surface area contributed by atoms with Crippen LogP contribution in [-0.4, -0.2) is 36.5 Å². The third-order valence-electron chi connectivity index (χ3n) is 3.53. The van der Waals surface area contributed by atoms with E-state index in [-0.39, 0.29) is 17.3 Å². The Morgan fingerprint density at radius 3 is 2.67 bits per heavy atom. The molecule has 0 aromatic heterocycles. The molecule has 0 aromatic carbocycles. The van der Waals surface area contributed by atoms with Gasteiger partial charge in [0.1, 0.15) is 0 Å². The van der Waals surface area contributed by atoms with Crippen LogP contribution in [0.1, 0.15) is 38.5 Å². The van der Waals surface area contributed by atoms with E-state index in [1.165, 1.54) is 7.11 Å². The summed E-state index contributed by atoms with van der Waals surface area (Å²) in [7, 11) is 1.44. The zero-order valence-electron chi connectivity index (χ0n) is 10.9. The highest BCUT2D eigenvalue weighted by Gasteiger charge is 2.44. The maximum Gasteiger partial charge on any atom is 0.306 e. The number of hydrogen-bond acceptors (Lipinski definition) is 4. The van der Waals surface area contributed by atoms with E-state index in [9.17, 15) is 9.59 Å². The van der Waals surface area contributed by atoms with E-state index in [1.54, 1.807) is 11.8 Å². The minimum absolute atomic E-state index is 0.112. The lowest BCUT2D eigenvalue weighted by Crippen LogP contribution is -2.25. The van der Waals surface area contributed by atoms with E-state index in [2.05, 4.69) is 5.32 Å². The van der Waals surface area contributed by atoms with Crippen LogP contribution in [-0.2, 0) is 14.3 Å². The van der Waals surface area contributed by atoms with Gasteiger partial charge in [-0.3, -0.25) is 9.59 Å². The number of ether oxygens (including phenoxy) is 1. The molecule has 2 fully saturated rings. The Labute approximate surface area is 112 Å². The maximum atomic E-state index is 11.5. The standard InChI is InChI=1S/C13H21NO3S/c1-17-12(16)8-13(5-6-13)9-18-7-4-11(15)14-10-2-3-10/h10H,2-9H2,1H3,(H,14,15). The molecule has 0 spiro atoms. The lowest BCUT2D eigenvalue weighted by atomic mass is 10.1. The summed E-state index contributed by atoms with van der Waals surface area (Å²) >= 11 is 1.78. The maximum absolute atomic E-state index is 11.5. The number of amides is 1. The summed E-state index contributed by atoms with van der Waals surface area (Å²) in [6.07, 6.45) is 5.63. The topological polar surface area (TPSA) is 55.4 Å². The number of thioether (sulfide) groups is 1. The first kappa shape index (κ1) is 13.7. The van der Waals surface area contributed by atoms with Crippen molar-refractivity contribution in [3.63, 3.8) is 0 Å². The normalized spacial score (nSPS) is 20.3. The molecule has 2 aliphatic rings. The second-order valence-corrected chi connectivity index (χ2v) is 6.50. The van der Waals surface area contributed by atoms with Gasteiger partial charge in [-0.2, -0.15) is 11.8 Å². The summed E-state index contributed by atoms with van der Waals surface area (Å²) < 4.78 is 4.71. The molecular formula is C13H21NO3S. The van der Waals surface area contributed by atoms with Gasteiger partial charge in [-0.1, -0.05) is 0 Å². The van der Waals surface area contributed by atoms with Crippen molar-refractivity contribution in [1.29, 1.82) is 0 Å². The number of carbonyl (C=O) groups excluding carboxylic acids is 2. The zero-order valence-corrected chi connectivity index (χ0v) is 11.7. The number of carbonyl (C=O) groups is 2. The van der Waals surface area contributed by atoms with E-state index in [0.717, 1.165) is 37.2 Å². The van der Waals surface area contributed by atoms with Crippen LogP contribution in [0.3, 0.4) is 0 Å². The third-order valence-corrected chi connectivity index (χ3v) is 4.84. The van der Waals surface area contributed by atoms with Crippen molar-refractivity contribution in [3.8, 4) is 0 Å². The number of esters is 1. The van der Waals surface area contributed by atoms with Crippen LogP contribution in [0.15, 0.2) is 0 Å². The molecule has 0 bridgehead atoms. The summed E-state index contributed by atoms with van der Waals surface area (Å²) in [5.41, 5.74) is 0.171. The largest absolute Gasteiger partial charge is 0.469 e. The highest BCUT2D eigenvalue weighted by molar-refractivity contribution is 7.99. The summed E-state index contributed by atoms with van der Waals surface area (Å²) in [5, 5.41) is 2.98. The fourth-order valence-electron chi connectivity index (χ4n) is 1.91. The van der Waals surface area contributed by atoms with Crippen LogP contribution in [0.4, 0.5) is 0 Å². The molecule has 0 aromatic rings. The average Bonchev–Trinajstić information content (AvgIpc) is 3.23. The quantitative estimate of drug-likeness (QED) is 0.539. The highest BCUT2D eigenvalue weighted by atomic mass is 32.2. The molecule has 2 aliphatic carbocycles. The highest BCUT2D eigenvalue weighted by Crippen LogP contribution is 2.51. The number of hydrogen-bond donors (Lipinski definition) is 1. The van der Waals surface area contributed by atoms with Crippen molar-refractivity contribution in [2.45, 2.75) is 44.6 Å². The molecule has 2 rings (SSSR count). The first-order chi connectivity index (χ1) is 8.63. The molecule has 0 unspecified atom stereocenters. The molecule has 0 heterocycles. The fourth-order valence-corrected chi connectivity index (χ4v) is 3.21. The molecule has 5 heteroatoms. The van der Waals surface area contributed by atoms with Crippen molar-refractivity contribution in [3.05, 3.63) is 0 Å². The van der Waals surface area contributed by atoms with Crippen molar-refractivity contribution in [2.75, 3.05) is 18.6 Å². The molecule has 1 amide bonds. The molecule has 0 aliphatic heterocycles. The minimum Gasteiger partial charge on any atom is -0.469 e. The smallest absolute Gasteiger partial charge is 0.306 e. The van der Waals surface area contributed by atoms with E-state index >= 15 is 0 Å². The van der Waals surface area contributed by atoms with Crippen LogP contribution in [0, 0.1) is 5.41 Å². The second kappa shape index (κ2) is 5.95. The van der Waals surface area contributed by atoms with Crippen molar-refractivity contribution in [2.24, 2.45) is 5.41 Å². The van der Waals surface area contributed by atoms with Gasteiger partial charge in [0.25, 0.3) is 0 Å². The van der Waals surface area contributed by atoms with Crippen LogP contribution >= 0.6 is 11.8 Å². The van der Waals surface area contributed by atoms with E-state index in [0.29, 0.717) is 18.9 Å². The van der Waals surface area contributed by atoms with E-state index in [1.807, 2.05) is 0 Å². The Morgan fingerprint density at radius 2 is 2.11 bits per heavy atom. The average molecular weight is 271 g/mol. The van der Waals surface area contributed by atoms with Gasteiger partial charge in [-0.15, -0.1) is 0 Å². The summed E-state index contributed by atoms with van der Waals surface area (Å²) in [6, 6.07) is 0.455. The summed E-state index contributed by atoms with van der Waals surface area (Å²) in [6.45, 7) is 0. The number of nitrogens with one attached hydrogen (secondary N) is 1. The molecule has 4 nitrogen and oxygen atoms in total. The predicted octanol–water partition coefficient (Wildman–Crippen LogP) is 1.73. The SMILES string of the molecule is COC(=O)CC1(CSCCC(=O)NC2CC2)CC1. The van der Waals surface area contributed by atoms with Crippen LogP contribution < -0.4 is 5.32 Å². The number of methoxy groups -OCH3 is 1. The van der Waals surface area contributed by atoms with Crippen LogP contribution in [0.25, 0.3) is 0 Å². The lowest BCUT2D eigenvalue weighted by molar-refractivity contribution is -0.141. The molecule has 18 heavy (non-hydrogen) atoms. The fraction of sp³-hybridized carbons (Fsp3) is 0.846. The Hall–Kier alpha value is -0.710. The monoisotopic (exact) mass is 271 g/mol.